The largest absolute Gasteiger partial charge is 0.370 e. The van der Waals surface area contributed by atoms with Gasteiger partial charge in [-0.05, 0) is 19.8 Å². The van der Waals surface area contributed by atoms with E-state index in [2.05, 4.69) is 29.3 Å². The lowest BCUT2D eigenvalue weighted by atomic mass is 10.3. The molecule has 25 heavy (non-hydrogen) atoms. The molecule has 0 amide bonds. The van der Waals surface area contributed by atoms with Crippen molar-refractivity contribution < 1.29 is 0 Å². The van der Waals surface area contributed by atoms with Gasteiger partial charge in [0.25, 0.3) is 0 Å². The van der Waals surface area contributed by atoms with E-state index in [9.17, 15) is 0 Å². The van der Waals surface area contributed by atoms with Crippen LogP contribution in [-0.2, 0) is 6.54 Å². The van der Waals surface area contributed by atoms with Crippen LogP contribution in [-0.4, -0.2) is 58.1 Å². The van der Waals surface area contributed by atoms with E-state index in [1.54, 1.807) is 11.3 Å². The number of halogens is 1. The van der Waals surface area contributed by atoms with Gasteiger partial charge in [0.2, 0.25) is 0 Å². The third-order valence-electron chi connectivity index (χ3n) is 4.30. The maximum Gasteiger partial charge on any atom is 0.191 e. The van der Waals surface area contributed by atoms with E-state index in [1.807, 2.05) is 30.9 Å². The molecule has 0 atom stereocenters. The summed E-state index contributed by atoms with van der Waals surface area (Å²) < 4.78 is 2.17. The predicted octanol–water partition coefficient (Wildman–Crippen LogP) is 2.18. The lowest BCUT2D eigenvalue weighted by molar-refractivity contribution is 0.380. The Kier molecular flexibility index (Phi) is 7.94. The molecule has 1 fully saturated rings. The smallest absolute Gasteiger partial charge is 0.191 e. The van der Waals surface area contributed by atoms with Crippen LogP contribution in [0, 0.1) is 6.92 Å². The summed E-state index contributed by atoms with van der Waals surface area (Å²) >= 11 is 1.69. The summed E-state index contributed by atoms with van der Waals surface area (Å²) in [5.41, 5.74) is 6.14. The summed E-state index contributed by atoms with van der Waals surface area (Å²) in [6.45, 7) is 7.51. The molecule has 7 nitrogen and oxygen atoms in total. The molecule has 9 heteroatoms. The van der Waals surface area contributed by atoms with Crippen molar-refractivity contribution in [2.24, 2.45) is 10.7 Å². The van der Waals surface area contributed by atoms with E-state index in [4.69, 9.17) is 5.73 Å². The number of anilines is 1. The van der Waals surface area contributed by atoms with Crippen LogP contribution in [0.15, 0.2) is 29.0 Å². The molecule has 0 aliphatic carbocycles. The zero-order valence-corrected chi connectivity index (χ0v) is 17.7. The highest BCUT2D eigenvalue weighted by Crippen LogP contribution is 2.18. The summed E-state index contributed by atoms with van der Waals surface area (Å²) in [7, 11) is 0. The van der Waals surface area contributed by atoms with Crippen LogP contribution < -0.4 is 10.6 Å². The molecule has 2 aromatic rings. The minimum absolute atomic E-state index is 0. The number of unbranched alkanes of at least 4 members (excludes halogenated alkanes) is 1. The maximum absolute atomic E-state index is 6.14. The molecule has 0 unspecified atom stereocenters. The highest BCUT2D eigenvalue weighted by Gasteiger charge is 2.19. The number of hydrogen-bond donors (Lipinski definition) is 1. The highest BCUT2D eigenvalue weighted by molar-refractivity contribution is 14.0. The van der Waals surface area contributed by atoms with Gasteiger partial charge in [0.15, 0.2) is 11.1 Å². The minimum Gasteiger partial charge on any atom is -0.370 e. The van der Waals surface area contributed by atoms with E-state index in [0.29, 0.717) is 5.96 Å². The van der Waals surface area contributed by atoms with E-state index < -0.39 is 0 Å². The second kappa shape index (κ2) is 9.95. The maximum atomic E-state index is 6.14. The van der Waals surface area contributed by atoms with Crippen molar-refractivity contribution in [1.82, 2.24) is 19.4 Å². The molecule has 0 spiro atoms. The number of imidazole rings is 1. The number of piperazine rings is 1. The molecule has 2 N–H and O–H groups in total. The van der Waals surface area contributed by atoms with Crippen molar-refractivity contribution in [3.05, 3.63) is 29.8 Å². The molecule has 0 radical (unpaired) electrons. The van der Waals surface area contributed by atoms with Crippen molar-refractivity contribution in [2.45, 2.75) is 26.3 Å². The van der Waals surface area contributed by atoms with Crippen molar-refractivity contribution in [2.75, 3.05) is 37.6 Å². The number of nitrogens with two attached hydrogens (primary N) is 1. The summed E-state index contributed by atoms with van der Waals surface area (Å²) in [6, 6.07) is 0. The van der Waals surface area contributed by atoms with E-state index in [0.717, 1.165) is 63.1 Å². The number of guanidine groups is 1. The molecule has 0 aromatic carbocycles. The van der Waals surface area contributed by atoms with Crippen LogP contribution in [0.1, 0.15) is 18.7 Å². The molecule has 0 saturated carbocycles. The highest BCUT2D eigenvalue weighted by atomic mass is 127. The number of nitrogens with zero attached hydrogens (tertiary/aromatic N) is 6. The molecule has 3 rings (SSSR count). The molecule has 3 heterocycles. The monoisotopic (exact) mass is 475 g/mol. The zero-order valence-electron chi connectivity index (χ0n) is 14.5. The molecule has 1 aliphatic heterocycles. The molecule has 1 aliphatic rings. The van der Waals surface area contributed by atoms with Crippen molar-refractivity contribution in [3.63, 3.8) is 0 Å². The predicted molar refractivity (Wildman–Crippen MR) is 114 cm³/mol. The van der Waals surface area contributed by atoms with Gasteiger partial charge >= 0.3 is 0 Å². The quantitative estimate of drug-likeness (QED) is 0.300. The van der Waals surface area contributed by atoms with Crippen LogP contribution in [0.5, 0.6) is 0 Å². The van der Waals surface area contributed by atoms with Gasteiger partial charge in [0.05, 0.1) is 0 Å². The Morgan fingerprint density at radius 1 is 1.20 bits per heavy atom. The fraction of sp³-hybridized carbons (Fsp3) is 0.562. The standard InChI is InChI=1S/C16H25N7S.HI/c1-14-18-5-8-21(14)7-3-2-4-19-15(17)22-9-11-23(12-10-22)16-20-6-13-24-16;/h5-6,8,13H,2-4,7,9-12H2,1H3,(H2,17,19);1H. The lowest BCUT2D eigenvalue weighted by Crippen LogP contribution is -2.51. The van der Waals surface area contributed by atoms with Gasteiger partial charge in [0.1, 0.15) is 5.82 Å². The molecular weight excluding hydrogens is 449 g/mol. The number of hydrogen-bond acceptors (Lipinski definition) is 5. The summed E-state index contributed by atoms with van der Waals surface area (Å²) in [4.78, 5) is 17.6. The molecule has 1 saturated heterocycles. The first kappa shape index (κ1) is 20.0. The Morgan fingerprint density at radius 2 is 2.00 bits per heavy atom. The SMILES string of the molecule is Cc1nccn1CCCCN=C(N)N1CCN(c2nccs2)CC1.I. The Morgan fingerprint density at radius 3 is 2.64 bits per heavy atom. The van der Waals surface area contributed by atoms with E-state index in [1.165, 1.54) is 0 Å². The lowest BCUT2D eigenvalue weighted by Gasteiger charge is -2.35. The van der Waals surface area contributed by atoms with Crippen molar-refractivity contribution in [3.8, 4) is 0 Å². The third-order valence-corrected chi connectivity index (χ3v) is 5.13. The molecule has 138 valence electrons. The number of aliphatic imine (C=N–C) groups is 1. The fourth-order valence-electron chi connectivity index (χ4n) is 2.83. The number of aromatic nitrogens is 3. The van der Waals surface area contributed by atoms with Gasteiger partial charge in [-0.15, -0.1) is 35.3 Å². The Balaban J connectivity index is 0.00000225. The van der Waals surface area contributed by atoms with Gasteiger partial charge < -0.3 is 20.1 Å². The van der Waals surface area contributed by atoms with Gasteiger partial charge in [-0.1, -0.05) is 0 Å². The van der Waals surface area contributed by atoms with Gasteiger partial charge in [0, 0.05) is 63.2 Å². The van der Waals surface area contributed by atoms with Crippen LogP contribution in [0.3, 0.4) is 0 Å². The first-order valence-corrected chi connectivity index (χ1v) is 9.29. The van der Waals surface area contributed by atoms with Crippen LogP contribution in [0.25, 0.3) is 0 Å². The fourth-order valence-corrected chi connectivity index (χ4v) is 3.52. The first-order valence-electron chi connectivity index (χ1n) is 8.41. The number of aryl methyl sites for hydroxylation is 2. The van der Waals surface area contributed by atoms with Crippen LogP contribution in [0.4, 0.5) is 5.13 Å². The topological polar surface area (TPSA) is 75.6 Å². The van der Waals surface area contributed by atoms with Gasteiger partial charge in [-0.25, -0.2) is 9.97 Å². The van der Waals surface area contributed by atoms with Gasteiger partial charge in [-0.3, -0.25) is 4.99 Å². The Bertz CT molecular complexity index is 647. The molecule has 0 bridgehead atoms. The Hall–Kier alpha value is -1.36. The second-order valence-electron chi connectivity index (χ2n) is 5.90. The zero-order chi connectivity index (χ0) is 16.8. The van der Waals surface area contributed by atoms with E-state index in [-0.39, 0.29) is 24.0 Å². The van der Waals surface area contributed by atoms with Gasteiger partial charge in [-0.2, -0.15) is 0 Å². The number of rotatable bonds is 6. The summed E-state index contributed by atoms with van der Waals surface area (Å²) in [5, 5.41) is 3.11. The van der Waals surface area contributed by atoms with Crippen LogP contribution >= 0.6 is 35.3 Å². The van der Waals surface area contributed by atoms with Crippen LogP contribution in [0.2, 0.25) is 0 Å². The Labute approximate surface area is 170 Å². The summed E-state index contributed by atoms with van der Waals surface area (Å²) in [6.07, 6.45) is 7.85. The van der Waals surface area contributed by atoms with E-state index >= 15 is 0 Å². The average Bonchev–Trinajstić information content (AvgIpc) is 3.27. The minimum atomic E-state index is 0. The second-order valence-corrected chi connectivity index (χ2v) is 6.78. The van der Waals surface area contributed by atoms with Crippen molar-refractivity contribution >= 4 is 46.4 Å². The van der Waals surface area contributed by atoms with Crippen molar-refractivity contribution in [1.29, 1.82) is 0 Å². The number of thiazole rings is 1. The average molecular weight is 475 g/mol. The normalized spacial score (nSPS) is 15.3. The molecular formula is C16H26IN7S. The molecule has 2 aromatic heterocycles. The first-order chi connectivity index (χ1) is 11.7. The third kappa shape index (κ3) is 5.56. The summed E-state index contributed by atoms with van der Waals surface area (Å²) in [5.74, 6) is 1.74.